The highest BCUT2D eigenvalue weighted by Crippen LogP contribution is 2.38. The van der Waals surface area contributed by atoms with Gasteiger partial charge in [0, 0.05) is 33.5 Å². The second-order valence-electron chi connectivity index (χ2n) is 7.37. The monoisotopic (exact) mass is 377 g/mol. The molecule has 2 aliphatic rings. The van der Waals surface area contributed by atoms with Crippen molar-refractivity contribution in [2.24, 2.45) is 5.92 Å². The first-order valence-electron chi connectivity index (χ1n) is 9.28. The number of nitrogens with zero attached hydrogens (tertiary/aromatic N) is 1. The van der Waals surface area contributed by atoms with Crippen LogP contribution in [0.4, 0.5) is 0 Å². The first-order valence-corrected chi connectivity index (χ1v) is 10.5. The van der Waals surface area contributed by atoms with Gasteiger partial charge in [-0.25, -0.2) is 0 Å². The van der Waals surface area contributed by atoms with Crippen molar-refractivity contribution in [3.63, 3.8) is 0 Å². The molecule has 3 nitrogen and oxygen atoms in total. The molecule has 1 aromatic carbocycles. The lowest BCUT2D eigenvalue weighted by molar-refractivity contribution is -0.142. The van der Waals surface area contributed by atoms with E-state index in [1.807, 2.05) is 12.1 Å². The Morgan fingerprint density at radius 1 is 1.16 bits per heavy atom. The Hall–Kier alpha value is -1.10. The Kier molecular flexibility index (Phi) is 5.03. The van der Waals surface area contributed by atoms with Gasteiger partial charge in [-0.3, -0.25) is 4.79 Å². The van der Waals surface area contributed by atoms with Crippen LogP contribution in [-0.2, 0) is 11.2 Å². The van der Waals surface area contributed by atoms with E-state index in [0.717, 1.165) is 66.8 Å². The van der Waals surface area contributed by atoms with Crippen molar-refractivity contribution >= 4 is 38.9 Å². The minimum atomic E-state index is -0.177. The maximum absolute atomic E-state index is 13.1. The fraction of sp³-hybridized carbons (Fsp3) is 0.550. The molecule has 0 bridgehead atoms. The summed E-state index contributed by atoms with van der Waals surface area (Å²) in [7, 11) is 0. The van der Waals surface area contributed by atoms with Gasteiger partial charge in [0.15, 0.2) is 0 Å². The number of carbonyl (C=O) groups is 1. The van der Waals surface area contributed by atoms with Gasteiger partial charge in [0.1, 0.15) is 0 Å². The number of carbonyl (C=O) groups excluding carboxylic acids is 1. The molecule has 1 unspecified atom stereocenters. The number of rotatable bonds is 3. The lowest BCUT2D eigenvalue weighted by atomic mass is 9.87. The van der Waals surface area contributed by atoms with Gasteiger partial charge in [-0.2, -0.15) is 0 Å². The highest BCUT2D eigenvalue weighted by atomic mass is 35.5. The van der Waals surface area contributed by atoms with Crippen LogP contribution in [0.25, 0.3) is 10.1 Å². The molecule has 1 N–H and O–H groups in total. The van der Waals surface area contributed by atoms with Crippen molar-refractivity contribution in [3.8, 4) is 0 Å². The minimum Gasteiger partial charge on any atom is -0.393 e. The number of halogens is 1. The summed E-state index contributed by atoms with van der Waals surface area (Å²) in [5.41, 5.74) is 0. The number of likely N-dealkylation sites (tertiary alicyclic amines) is 1. The number of hydrogen-bond donors (Lipinski definition) is 1. The summed E-state index contributed by atoms with van der Waals surface area (Å²) in [4.78, 5) is 16.3. The van der Waals surface area contributed by atoms with Crippen LogP contribution in [0, 0.1) is 5.92 Å². The number of fused-ring (bicyclic) bond motifs is 1. The lowest BCUT2D eigenvalue weighted by Gasteiger charge is -2.40. The van der Waals surface area contributed by atoms with Crippen LogP contribution >= 0.6 is 22.9 Å². The molecule has 1 saturated carbocycles. The molecule has 2 fully saturated rings. The molecule has 4 rings (SSSR count). The molecule has 1 aliphatic carbocycles. The second-order valence-corrected chi connectivity index (χ2v) is 8.89. The second kappa shape index (κ2) is 7.26. The molecular weight excluding hydrogens is 354 g/mol. The van der Waals surface area contributed by atoms with Gasteiger partial charge in [-0.15, -0.1) is 11.3 Å². The van der Waals surface area contributed by atoms with Crippen LogP contribution in [0.5, 0.6) is 0 Å². The fourth-order valence-corrected chi connectivity index (χ4v) is 5.91. The minimum absolute atomic E-state index is 0.0474. The number of hydrogen-bond acceptors (Lipinski definition) is 3. The topological polar surface area (TPSA) is 40.5 Å². The first kappa shape index (κ1) is 17.3. The Bertz CT molecular complexity index is 766. The largest absolute Gasteiger partial charge is 0.393 e. The maximum Gasteiger partial charge on any atom is 0.226 e. The third-order valence-corrected chi connectivity index (χ3v) is 7.46. The van der Waals surface area contributed by atoms with Crippen LogP contribution in [0.2, 0.25) is 5.02 Å². The molecule has 1 aliphatic heterocycles. The third-order valence-electron chi connectivity index (χ3n) is 5.72. The average Bonchev–Trinajstić information content (AvgIpc) is 2.94. The van der Waals surface area contributed by atoms with E-state index in [1.165, 1.54) is 4.70 Å². The van der Waals surface area contributed by atoms with E-state index in [-0.39, 0.29) is 12.0 Å². The third kappa shape index (κ3) is 3.44. The maximum atomic E-state index is 13.1. The smallest absolute Gasteiger partial charge is 0.226 e. The number of piperidine rings is 1. The normalized spacial score (nSPS) is 27.8. The highest BCUT2D eigenvalue weighted by molar-refractivity contribution is 7.19. The Balaban J connectivity index is 1.50. The molecule has 1 saturated heterocycles. The molecule has 0 spiro atoms. The zero-order valence-corrected chi connectivity index (χ0v) is 15.9. The van der Waals surface area contributed by atoms with Crippen molar-refractivity contribution in [3.05, 3.63) is 34.2 Å². The van der Waals surface area contributed by atoms with Gasteiger partial charge in [-0.1, -0.05) is 29.8 Å². The number of aliphatic hydroxyl groups is 1. The van der Waals surface area contributed by atoms with Crippen molar-refractivity contribution in [1.29, 1.82) is 0 Å². The van der Waals surface area contributed by atoms with Gasteiger partial charge in [-0.05, 0) is 51.0 Å². The standard InChI is InChI=1S/C20H24ClNO2S/c21-19-16-5-1-2-6-17(16)25-18(19)12-13-4-3-11-22(20(13)24)14-7-9-15(23)10-8-14/h1-2,5-6,13-15,23H,3-4,7-12H2/t13?,14-,15-. The molecule has 0 radical (unpaired) electrons. The average molecular weight is 378 g/mol. The van der Waals surface area contributed by atoms with Gasteiger partial charge >= 0.3 is 0 Å². The van der Waals surface area contributed by atoms with Gasteiger partial charge in [0.05, 0.1) is 11.1 Å². The molecule has 1 atom stereocenters. The Morgan fingerprint density at radius 2 is 1.92 bits per heavy atom. The van der Waals surface area contributed by atoms with Crippen LogP contribution in [-0.4, -0.2) is 34.6 Å². The molecule has 134 valence electrons. The van der Waals surface area contributed by atoms with E-state index < -0.39 is 0 Å². The van der Waals surface area contributed by atoms with E-state index in [9.17, 15) is 9.90 Å². The summed E-state index contributed by atoms with van der Waals surface area (Å²) in [6.45, 7) is 0.871. The van der Waals surface area contributed by atoms with Crippen molar-refractivity contribution in [2.45, 2.75) is 57.1 Å². The molecule has 1 amide bonds. The molecule has 1 aromatic heterocycles. The van der Waals surface area contributed by atoms with Crippen molar-refractivity contribution < 1.29 is 9.90 Å². The van der Waals surface area contributed by atoms with Crippen LogP contribution < -0.4 is 0 Å². The quantitative estimate of drug-likeness (QED) is 0.846. The Morgan fingerprint density at radius 3 is 2.68 bits per heavy atom. The number of amides is 1. The fourth-order valence-electron chi connectivity index (χ4n) is 4.32. The highest BCUT2D eigenvalue weighted by Gasteiger charge is 2.35. The molecule has 5 heteroatoms. The number of aliphatic hydroxyl groups excluding tert-OH is 1. The SMILES string of the molecule is O=C1C(Cc2sc3ccccc3c2Cl)CCCN1[C@H]1CC[C@H](O)CC1. The summed E-state index contributed by atoms with van der Waals surface area (Å²) in [6, 6.07) is 8.51. The van der Waals surface area contributed by atoms with E-state index in [0.29, 0.717) is 11.9 Å². The summed E-state index contributed by atoms with van der Waals surface area (Å²) in [6.07, 6.45) is 6.11. The van der Waals surface area contributed by atoms with E-state index >= 15 is 0 Å². The summed E-state index contributed by atoms with van der Waals surface area (Å²) in [5.74, 6) is 0.340. The molecule has 2 aromatic rings. The summed E-state index contributed by atoms with van der Waals surface area (Å²) < 4.78 is 1.20. The lowest BCUT2D eigenvalue weighted by Crippen LogP contribution is -2.49. The van der Waals surface area contributed by atoms with Crippen molar-refractivity contribution in [1.82, 2.24) is 4.90 Å². The van der Waals surface area contributed by atoms with E-state index in [2.05, 4.69) is 17.0 Å². The molecular formula is C20H24ClNO2S. The van der Waals surface area contributed by atoms with Gasteiger partial charge in [0.25, 0.3) is 0 Å². The van der Waals surface area contributed by atoms with Crippen LogP contribution in [0.3, 0.4) is 0 Å². The predicted octanol–water partition coefficient (Wildman–Crippen LogP) is 4.64. The Labute approximate surface area is 157 Å². The van der Waals surface area contributed by atoms with Crippen LogP contribution in [0.15, 0.2) is 24.3 Å². The predicted molar refractivity (Wildman–Crippen MR) is 103 cm³/mol. The van der Waals surface area contributed by atoms with Gasteiger partial charge in [0.2, 0.25) is 5.91 Å². The number of benzene rings is 1. The van der Waals surface area contributed by atoms with Crippen molar-refractivity contribution in [2.75, 3.05) is 6.54 Å². The summed E-state index contributed by atoms with van der Waals surface area (Å²) in [5, 5.41) is 11.6. The molecule has 25 heavy (non-hydrogen) atoms. The van der Waals surface area contributed by atoms with E-state index in [1.54, 1.807) is 11.3 Å². The number of thiophene rings is 1. The zero-order valence-electron chi connectivity index (χ0n) is 14.3. The van der Waals surface area contributed by atoms with E-state index in [4.69, 9.17) is 11.6 Å². The summed E-state index contributed by atoms with van der Waals surface area (Å²) >= 11 is 8.30. The first-order chi connectivity index (χ1) is 12.1. The zero-order chi connectivity index (χ0) is 17.4. The van der Waals surface area contributed by atoms with Gasteiger partial charge < -0.3 is 10.0 Å². The molecule has 2 heterocycles. The van der Waals surface area contributed by atoms with Crippen LogP contribution in [0.1, 0.15) is 43.4 Å².